The van der Waals surface area contributed by atoms with E-state index >= 15 is 0 Å². The molecule has 1 atom stereocenters. The van der Waals surface area contributed by atoms with Crippen molar-refractivity contribution in [1.29, 1.82) is 0 Å². The zero-order valence-corrected chi connectivity index (χ0v) is 14.9. The second kappa shape index (κ2) is 7.36. The number of hydrogen-bond donors (Lipinski definition) is 1. The summed E-state index contributed by atoms with van der Waals surface area (Å²) in [6.07, 6.45) is 3.47. The molecule has 1 heterocycles. The number of ether oxygens (including phenoxy) is 1. The van der Waals surface area contributed by atoms with Crippen molar-refractivity contribution in [3.63, 3.8) is 0 Å². The highest BCUT2D eigenvalue weighted by molar-refractivity contribution is 7.14. The number of halogens is 1. The molecule has 126 valence electrons. The Morgan fingerprint density at radius 2 is 2.00 bits per heavy atom. The van der Waals surface area contributed by atoms with Gasteiger partial charge in [-0.2, -0.15) is 0 Å². The van der Waals surface area contributed by atoms with Gasteiger partial charge in [-0.25, -0.2) is 4.79 Å². The van der Waals surface area contributed by atoms with Gasteiger partial charge in [0, 0.05) is 4.88 Å². The fourth-order valence-electron chi connectivity index (χ4n) is 2.66. The maximum atomic E-state index is 12.3. The molecular weight excluding hydrogens is 346 g/mol. The lowest BCUT2D eigenvalue weighted by molar-refractivity contribution is -0.123. The number of amides is 1. The van der Waals surface area contributed by atoms with Crippen molar-refractivity contribution in [1.82, 2.24) is 0 Å². The minimum absolute atomic E-state index is 0.405. The largest absolute Gasteiger partial charge is 0.448 e. The van der Waals surface area contributed by atoms with Crippen molar-refractivity contribution in [2.45, 2.75) is 38.7 Å². The molecule has 1 unspecified atom stereocenters. The number of anilines is 1. The van der Waals surface area contributed by atoms with Crippen molar-refractivity contribution in [3.8, 4) is 0 Å². The van der Waals surface area contributed by atoms with Crippen LogP contribution in [0.4, 0.5) is 5.69 Å². The predicted molar refractivity (Wildman–Crippen MR) is 95.9 cm³/mol. The van der Waals surface area contributed by atoms with Crippen molar-refractivity contribution in [3.05, 3.63) is 50.7 Å². The first-order chi connectivity index (χ1) is 11.5. The van der Waals surface area contributed by atoms with Crippen LogP contribution in [0, 0.1) is 0 Å². The van der Waals surface area contributed by atoms with Crippen LogP contribution in [0.3, 0.4) is 0 Å². The van der Waals surface area contributed by atoms with E-state index in [9.17, 15) is 9.59 Å². The zero-order valence-electron chi connectivity index (χ0n) is 13.3. The molecule has 0 aliphatic heterocycles. The summed E-state index contributed by atoms with van der Waals surface area (Å²) in [5, 5.41) is 3.11. The number of fused-ring (bicyclic) bond motifs is 1. The highest BCUT2D eigenvalue weighted by atomic mass is 35.5. The molecule has 2 aromatic rings. The average molecular weight is 364 g/mol. The Labute approximate surface area is 149 Å². The first kappa shape index (κ1) is 17.0. The fourth-order valence-corrected chi connectivity index (χ4v) is 3.98. The minimum Gasteiger partial charge on any atom is -0.448 e. The number of benzene rings is 1. The smallest absolute Gasteiger partial charge is 0.349 e. The van der Waals surface area contributed by atoms with Crippen molar-refractivity contribution in [2.24, 2.45) is 0 Å². The SMILES string of the molecule is CC(OC(=O)c1cc2c(s1)CCCC2)C(=O)Nc1ccccc1Cl. The van der Waals surface area contributed by atoms with E-state index in [4.69, 9.17) is 16.3 Å². The lowest BCUT2D eigenvalue weighted by Gasteiger charge is -2.13. The summed E-state index contributed by atoms with van der Waals surface area (Å²) >= 11 is 7.49. The molecule has 1 amide bonds. The van der Waals surface area contributed by atoms with E-state index in [2.05, 4.69) is 5.32 Å². The molecule has 0 fully saturated rings. The Kier molecular flexibility index (Phi) is 5.21. The van der Waals surface area contributed by atoms with Gasteiger partial charge in [-0.3, -0.25) is 4.79 Å². The predicted octanol–water partition coefficient (Wildman–Crippen LogP) is 4.46. The third-order valence-electron chi connectivity index (χ3n) is 3.98. The molecule has 0 spiro atoms. The van der Waals surface area contributed by atoms with Crippen LogP contribution < -0.4 is 5.32 Å². The van der Waals surface area contributed by atoms with E-state index in [1.807, 2.05) is 6.07 Å². The van der Waals surface area contributed by atoms with E-state index in [1.165, 1.54) is 28.2 Å². The van der Waals surface area contributed by atoms with Crippen LogP contribution in [0.1, 0.15) is 39.9 Å². The van der Waals surface area contributed by atoms with Crippen LogP contribution in [0.5, 0.6) is 0 Å². The quantitative estimate of drug-likeness (QED) is 0.815. The second-order valence-electron chi connectivity index (χ2n) is 5.78. The Morgan fingerprint density at radius 3 is 2.75 bits per heavy atom. The van der Waals surface area contributed by atoms with Gasteiger partial charge in [0.1, 0.15) is 4.88 Å². The van der Waals surface area contributed by atoms with Gasteiger partial charge in [-0.1, -0.05) is 23.7 Å². The van der Waals surface area contributed by atoms with Gasteiger partial charge in [-0.15, -0.1) is 11.3 Å². The Balaban J connectivity index is 1.62. The highest BCUT2D eigenvalue weighted by Crippen LogP contribution is 2.30. The molecule has 0 radical (unpaired) electrons. The van der Waals surface area contributed by atoms with Crippen LogP contribution in [0.25, 0.3) is 0 Å². The van der Waals surface area contributed by atoms with Gasteiger partial charge in [0.05, 0.1) is 10.7 Å². The molecule has 0 saturated heterocycles. The van der Waals surface area contributed by atoms with E-state index in [-0.39, 0.29) is 0 Å². The normalized spacial score (nSPS) is 14.6. The maximum absolute atomic E-state index is 12.3. The highest BCUT2D eigenvalue weighted by Gasteiger charge is 2.23. The van der Waals surface area contributed by atoms with E-state index < -0.39 is 18.0 Å². The summed E-state index contributed by atoms with van der Waals surface area (Å²) in [5.41, 5.74) is 1.74. The molecule has 1 aromatic heterocycles. The Morgan fingerprint density at radius 1 is 1.25 bits per heavy atom. The van der Waals surface area contributed by atoms with Crippen molar-refractivity contribution >= 4 is 40.5 Å². The second-order valence-corrected chi connectivity index (χ2v) is 7.33. The molecule has 0 saturated carbocycles. The number of hydrogen-bond acceptors (Lipinski definition) is 4. The van der Waals surface area contributed by atoms with Gasteiger partial charge in [0.25, 0.3) is 5.91 Å². The number of carbonyl (C=O) groups is 2. The Bertz CT molecular complexity index is 748. The third kappa shape index (κ3) is 3.79. The molecule has 24 heavy (non-hydrogen) atoms. The van der Waals surface area contributed by atoms with Gasteiger partial charge in [0.15, 0.2) is 6.10 Å². The molecule has 0 bridgehead atoms. The summed E-state index contributed by atoms with van der Waals surface area (Å²) in [6.45, 7) is 1.55. The van der Waals surface area contributed by atoms with Crippen LogP contribution in [0.2, 0.25) is 5.02 Å². The standard InChI is InChI=1S/C18H18ClNO3S/c1-11(17(21)20-14-8-4-3-7-13(14)19)23-18(22)16-10-12-6-2-5-9-15(12)24-16/h3-4,7-8,10-11H,2,5-6,9H2,1H3,(H,20,21). The van der Waals surface area contributed by atoms with Gasteiger partial charge in [-0.05, 0) is 56.4 Å². The van der Waals surface area contributed by atoms with Crippen LogP contribution >= 0.6 is 22.9 Å². The topological polar surface area (TPSA) is 55.4 Å². The van der Waals surface area contributed by atoms with Crippen molar-refractivity contribution in [2.75, 3.05) is 5.32 Å². The first-order valence-electron chi connectivity index (χ1n) is 7.92. The number of aryl methyl sites for hydroxylation is 2. The Hall–Kier alpha value is -1.85. The number of esters is 1. The van der Waals surface area contributed by atoms with Crippen molar-refractivity contribution < 1.29 is 14.3 Å². The fraction of sp³-hybridized carbons (Fsp3) is 0.333. The average Bonchev–Trinajstić information content (AvgIpc) is 3.01. The molecule has 1 aliphatic rings. The summed E-state index contributed by atoms with van der Waals surface area (Å²) < 4.78 is 5.30. The third-order valence-corrected chi connectivity index (χ3v) is 5.53. The molecule has 3 rings (SSSR count). The lowest BCUT2D eigenvalue weighted by atomic mass is 9.99. The van der Waals surface area contributed by atoms with E-state index in [1.54, 1.807) is 31.2 Å². The van der Waals surface area contributed by atoms with Crippen LogP contribution in [0.15, 0.2) is 30.3 Å². The summed E-state index contributed by atoms with van der Waals surface area (Å²) in [7, 11) is 0. The van der Waals surface area contributed by atoms with Gasteiger partial charge < -0.3 is 10.1 Å². The summed E-state index contributed by atoms with van der Waals surface area (Å²) in [6, 6.07) is 8.83. The van der Waals surface area contributed by atoms with E-state index in [0.29, 0.717) is 15.6 Å². The number of thiophene rings is 1. The molecule has 1 aliphatic carbocycles. The molecule has 4 nitrogen and oxygen atoms in total. The molecule has 1 aromatic carbocycles. The molecule has 6 heteroatoms. The molecule has 1 N–H and O–H groups in total. The summed E-state index contributed by atoms with van der Waals surface area (Å²) in [5.74, 6) is -0.853. The monoisotopic (exact) mass is 363 g/mol. The summed E-state index contributed by atoms with van der Waals surface area (Å²) in [4.78, 5) is 26.3. The number of nitrogens with one attached hydrogen (secondary N) is 1. The van der Waals surface area contributed by atoms with Gasteiger partial charge in [0.2, 0.25) is 0 Å². The zero-order chi connectivity index (χ0) is 17.1. The van der Waals surface area contributed by atoms with Gasteiger partial charge >= 0.3 is 5.97 Å². The number of rotatable bonds is 4. The number of carbonyl (C=O) groups excluding carboxylic acids is 2. The minimum atomic E-state index is -0.895. The van der Waals surface area contributed by atoms with Crippen LogP contribution in [-0.4, -0.2) is 18.0 Å². The first-order valence-corrected chi connectivity index (χ1v) is 9.12. The van der Waals surface area contributed by atoms with E-state index in [0.717, 1.165) is 19.3 Å². The molecular formula is C18H18ClNO3S. The lowest BCUT2D eigenvalue weighted by Crippen LogP contribution is -2.29. The van der Waals surface area contributed by atoms with Crippen LogP contribution in [-0.2, 0) is 22.4 Å². The maximum Gasteiger partial charge on any atom is 0.349 e. The number of para-hydroxylation sites is 1.